The highest BCUT2D eigenvalue weighted by Crippen LogP contribution is 2.37. The minimum absolute atomic E-state index is 0.0241. The maximum Gasteiger partial charge on any atom is 0.229 e. The third-order valence-corrected chi connectivity index (χ3v) is 4.43. The molecule has 1 aliphatic heterocycles. The molecule has 1 aliphatic rings. The van der Waals surface area contributed by atoms with E-state index in [4.69, 9.17) is 16.5 Å². The topological polar surface area (TPSA) is 84.7 Å². The van der Waals surface area contributed by atoms with Gasteiger partial charge in [-0.25, -0.2) is 4.99 Å². The summed E-state index contributed by atoms with van der Waals surface area (Å²) < 4.78 is 0. The van der Waals surface area contributed by atoms with Gasteiger partial charge in [0, 0.05) is 36.3 Å². The zero-order valence-corrected chi connectivity index (χ0v) is 14.2. The number of para-hydroxylation sites is 2. The number of nitrogens with zero attached hydrogens (tertiary/aromatic N) is 2. The second kappa shape index (κ2) is 7.21. The molecule has 25 heavy (non-hydrogen) atoms. The molecule has 128 valence electrons. The average molecular weight is 334 g/mol. The number of anilines is 1. The lowest BCUT2D eigenvalue weighted by molar-refractivity contribution is -0.128. The Balaban J connectivity index is 2.11. The van der Waals surface area contributed by atoms with E-state index in [9.17, 15) is 4.79 Å². The summed E-state index contributed by atoms with van der Waals surface area (Å²) in [5.74, 6) is 0.431. The Kier molecular flexibility index (Phi) is 4.84. The molecule has 0 aliphatic carbocycles. The molecule has 1 amide bonds. The zero-order chi connectivity index (χ0) is 17.8. The lowest BCUT2D eigenvalue weighted by atomic mass is 9.83. The fraction of sp³-hybridized carbons (Fsp3) is 0.200. The average Bonchev–Trinajstić information content (AvgIpc) is 2.63. The minimum Gasteiger partial charge on any atom is -0.404 e. The molecule has 1 heterocycles. The van der Waals surface area contributed by atoms with Crippen LogP contribution >= 0.6 is 0 Å². The fourth-order valence-corrected chi connectivity index (χ4v) is 3.20. The van der Waals surface area contributed by atoms with E-state index in [1.54, 1.807) is 11.1 Å². The Morgan fingerprint density at radius 3 is 2.48 bits per heavy atom. The van der Waals surface area contributed by atoms with Crippen LogP contribution in [0.25, 0.3) is 0 Å². The number of carbonyl (C=O) groups is 1. The molecular formula is C20H22N4O. The van der Waals surface area contributed by atoms with E-state index in [1.807, 2.05) is 61.5 Å². The number of likely N-dealkylation sites (tertiary alicyclic amines) is 1. The zero-order valence-electron chi connectivity index (χ0n) is 14.2. The molecule has 1 fully saturated rings. The summed E-state index contributed by atoms with van der Waals surface area (Å²) in [6.45, 7) is 2.47. The normalized spacial score (nSPS) is 21.1. The number of amides is 1. The van der Waals surface area contributed by atoms with Gasteiger partial charge < -0.3 is 11.5 Å². The van der Waals surface area contributed by atoms with Crippen LogP contribution in [0, 0.1) is 0 Å². The van der Waals surface area contributed by atoms with Crippen LogP contribution in [0.2, 0.25) is 0 Å². The summed E-state index contributed by atoms with van der Waals surface area (Å²) >= 11 is 0. The third kappa shape index (κ3) is 3.26. The predicted octanol–water partition coefficient (Wildman–Crippen LogP) is 3.18. The van der Waals surface area contributed by atoms with Gasteiger partial charge in [-0.3, -0.25) is 9.69 Å². The molecule has 4 N–H and O–H groups in total. The first-order valence-electron chi connectivity index (χ1n) is 8.36. The molecule has 1 atom stereocenters. The number of rotatable bonds is 3. The van der Waals surface area contributed by atoms with Crippen molar-refractivity contribution in [3.8, 4) is 0 Å². The largest absolute Gasteiger partial charge is 0.404 e. The maximum absolute atomic E-state index is 12.7. The van der Waals surface area contributed by atoms with Crippen molar-refractivity contribution in [1.29, 1.82) is 0 Å². The van der Waals surface area contributed by atoms with Crippen LogP contribution in [-0.2, 0) is 4.79 Å². The third-order valence-electron chi connectivity index (χ3n) is 4.43. The van der Waals surface area contributed by atoms with Crippen LogP contribution in [0.3, 0.4) is 0 Å². The lowest BCUT2D eigenvalue weighted by Crippen LogP contribution is -2.44. The minimum atomic E-state index is -0.191. The van der Waals surface area contributed by atoms with E-state index in [1.165, 1.54) is 0 Å². The first-order valence-corrected chi connectivity index (χ1v) is 8.36. The highest BCUT2D eigenvalue weighted by atomic mass is 16.2. The summed E-state index contributed by atoms with van der Waals surface area (Å²) in [5.41, 5.74) is 15.3. The quantitative estimate of drug-likeness (QED) is 0.846. The molecule has 2 aromatic rings. The smallest absolute Gasteiger partial charge is 0.229 e. The van der Waals surface area contributed by atoms with Crippen LogP contribution < -0.4 is 11.5 Å². The van der Waals surface area contributed by atoms with Crippen molar-refractivity contribution in [2.45, 2.75) is 19.3 Å². The second-order valence-electron chi connectivity index (χ2n) is 5.92. The first-order chi connectivity index (χ1) is 12.2. The standard InChI is InChI=1S/C20H22N4O/c1-2-24-19(25)12-16(15-10-6-7-11-18(15)22)17(13-21)20(24)23-14-8-4-3-5-9-14/h3-11,13,16H,2,12,21-22H2,1H3/b17-13-,23-20?. The van der Waals surface area contributed by atoms with Gasteiger partial charge in [0.15, 0.2) is 0 Å². The van der Waals surface area contributed by atoms with Gasteiger partial charge >= 0.3 is 0 Å². The molecule has 0 aromatic heterocycles. The molecular weight excluding hydrogens is 312 g/mol. The van der Waals surface area contributed by atoms with Gasteiger partial charge in [-0.2, -0.15) is 0 Å². The Bertz CT molecular complexity index is 827. The number of likely N-dealkylation sites (N-methyl/N-ethyl adjacent to an activating group) is 1. The Hall–Kier alpha value is -3.08. The summed E-state index contributed by atoms with van der Waals surface area (Å²) in [5, 5.41) is 0. The van der Waals surface area contributed by atoms with E-state index >= 15 is 0 Å². The Morgan fingerprint density at radius 1 is 1.16 bits per heavy atom. The van der Waals surface area contributed by atoms with E-state index < -0.39 is 0 Å². The monoisotopic (exact) mass is 334 g/mol. The van der Waals surface area contributed by atoms with Gasteiger partial charge in [0.2, 0.25) is 5.91 Å². The predicted molar refractivity (Wildman–Crippen MR) is 101 cm³/mol. The van der Waals surface area contributed by atoms with Crippen LogP contribution in [0.5, 0.6) is 0 Å². The number of nitrogen functional groups attached to an aromatic ring is 1. The second-order valence-corrected chi connectivity index (χ2v) is 5.92. The van der Waals surface area contributed by atoms with Gasteiger partial charge in [-0.05, 0) is 30.7 Å². The SMILES string of the molecule is CCN1C(=O)CC(c2ccccc2N)/C(=C/N)C1=Nc1ccccc1. The number of aliphatic imine (C=N–C) groups is 1. The summed E-state index contributed by atoms with van der Waals surface area (Å²) in [6, 6.07) is 17.2. The van der Waals surface area contributed by atoms with Crippen LogP contribution in [0.1, 0.15) is 24.8 Å². The van der Waals surface area contributed by atoms with Crippen molar-refractivity contribution < 1.29 is 4.79 Å². The van der Waals surface area contributed by atoms with Gasteiger partial charge in [0.1, 0.15) is 5.84 Å². The van der Waals surface area contributed by atoms with Crippen molar-refractivity contribution in [3.05, 3.63) is 71.9 Å². The molecule has 0 bridgehead atoms. The summed E-state index contributed by atoms with van der Waals surface area (Å²) in [4.78, 5) is 19.1. The number of nitrogens with two attached hydrogens (primary N) is 2. The number of hydrogen-bond acceptors (Lipinski definition) is 4. The molecule has 1 unspecified atom stereocenters. The number of benzene rings is 2. The highest BCUT2D eigenvalue weighted by Gasteiger charge is 2.36. The van der Waals surface area contributed by atoms with Crippen LogP contribution in [-0.4, -0.2) is 23.2 Å². The van der Waals surface area contributed by atoms with Crippen molar-refractivity contribution >= 4 is 23.1 Å². The summed E-state index contributed by atoms with van der Waals surface area (Å²) in [6.07, 6.45) is 1.88. The van der Waals surface area contributed by atoms with Crippen LogP contribution in [0.15, 0.2) is 71.4 Å². The van der Waals surface area contributed by atoms with Crippen molar-refractivity contribution in [3.63, 3.8) is 0 Å². The number of hydrogen-bond donors (Lipinski definition) is 2. The molecule has 0 saturated carbocycles. The summed E-state index contributed by atoms with van der Waals surface area (Å²) in [7, 11) is 0. The van der Waals surface area contributed by atoms with Gasteiger partial charge in [-0.1, -0.05) is 36.4 Å². The van der Waals surface area contributed by atoms with E-state index in [0.29, 0.717) is 24.5 Å². The number of piperidine rings is 1. The molecule has 1 saturated heterocycles. The molecule has 0 spiro atoms. The van der Waals surface area contributed by atoms with Crippen molar-refractivity contribution in [2.75, 3.05) is 12.3 Å². The van der Waals surface area contributed by atoms with E-state index in [0.717, 1.165) is 16.8 Å². The first kappa shape index (κ1) is 16.8. The molecule has 3 rings (SSSR count). The molecule has 5 heteroatoms. The fourth-order valence-electron chi connectivity index (χ4n) is 3.20. The van der Waals surface area contributed by atoms with Crippen LogP contribution in [0.4, 0.5) is 11.4 Å². The van der Waals surface area contributed by atoms with Gasteiger partial charge in [0.25, 0.3) is 0 Å². The van der Waals surface area contributed by atoms with Gasteiger partial charge in [-0.15, -0.1) is 0 Å². The van der Waals surface area contributed by atoms with E-state index in [2.05, 4.69) is 0 Å². The Labute approximate surface area is 147 Å². The number of carbonyl (C=O) groups excluding carboxylic acids is 1. The highest BCUT2D eigenvalue weighted by molar-refractivity contribution is 6.12. The molecule has 0 radical (unpaired) electrons. The molecule has 2 aromatic carbocycles. The van der Waals surface area contributed by atoms with Crippen molar-refractivity contribution in [1.82, 2.24) is 4.90 Å². The van der Waals surface area contributed by atoms with Gasteiger partial charge in [0.05, 0.1) is 5.69 Å². The Morgan fingerprint density at radius 2 is 1.84 bits per heavy atom. The lowest BCUT2D eigenvalue weighted by Gasteiger charge is -2.35. The van der Waals surface area contributed by atoms with Crippen molar-refractivity contribution in [2.24, 2.45) is 10.7 Å². The maximum atomic E-state index is 12.7. The number of amidine groups is 1. The molecule has 5 nitrogen and oxygen atoms in total. The van der Waals surface area contributed by atoms with E-state index in [-0.39, 0.29) is 11.8 Å².